The molecule has 0 saturated carbocycles. The number of aromatic nitrogens is 2. The Morgan fingerprint density at radius 1 is 1.07 bits per heavy atom. The third-order valence-corrected chi connectivity index (χ3v) is 6.27. The molecule has 0 bridgehead atoms. The largest absolute Gasteiger partial charge is 0.378 e. The first-order valence-electron chi connectivity index (χ1n) is 9.29. The molecule has 1 unspecified atom stereocenters. The topological polar surface area (TPSA) is 50.2 Å². The van der Waals surface area contributed by atoms with E-state index in [4.69, 9.17) is 5.10 Å². The van der Waals surface area contributed by atoms with E-state index in [1.54, 1.807) is 11.8 Å². The number of carbonyl (C=O) groups is 1. The lowest BCUT2D eigenvalue weighted by atomic mass is 10.0. The molecule has 0 radical (unpaired) electrons. The summed E-state index contributed by atoms with van der Waals surface area (Å²) in [5.74, 6) is 1.20. The van der Waals surface area contributed by atoms with Crippen LogP contribution >= 0.6 is 11.8 Å². The number of benzene rings is 2. The van der Waals surface area contributed by atoms with Crippen LogP contribution in [0, 0.1) is 13.8 Å². The van der Waals surface area contributed by atoms with Gasteiger partial charge in [-0.25, -0.2) is 4.68 Å². The van der Waals surface area contributed by atoms with Gasteiger partial charge in [0.2, 0.25) is 5.91 Å². The van der Waals surface area contributed by atoms with Crippen LogP contribution in [0.25, 0.3) is 5.69 Å². The molecule has 2 aromatic carbocycles. The van der Waals surface area contributed by atoms with Gasteiger partial charge in [-0.15, -0.1) is 11.8 Å². The van der Waals surface area contributed by atoms with Crippen molar-refractivity contribution in [1.29, 1.82) is 0 Å². The van der Waals surface area contributed by atoms with Crippen LogP contribution in [0.2, 0.25) is 0 Å². The first kappa shape index (κ1) is 18.6. The highest BCUT2D eigenvalue weighted by Gasteiger charge is 2.30. The fourth-order valence-corrected chi connectivity index (χ4v) is 4.66. The summed E-state index contributed by atoms with van der Waals surface area (Å²) in [5.41, 5.74) is 6.49. The number of aryl methyl sites for hydroxylation is 2. The number of anilines is 2. The van der Waals surface area contributed by atoms with E-state index < -0.39 is 0 Å². The molecule has 0 saturated heterocycles. The van der Waals surface area contributed by atoms with Gasteiger partial charge in [0.05, 0.1) is 22.4 Å². The molecule has 144 valence electrons. The third kappa shape index (κ3) is 3.40. The molecular weight excluding hydrogens is 368 g/mol. The zero-order valence-corrected chi connectivity index (χ0v) is 17.4. The molecule has 3 aromatic rings. The summed E-state index contributed by atoms with van der Waals surface area (Å²) in [6, 6.07) is 16.7. The lowest BCUT2D eigenvalue weighted by molar-refractivity contribution is -0.113. The highest BCUT2D eigenvalue weighted by atomic mass is 32.2. The van der Waals surface area contributed by atoms with E-state index in [2.05, 4.69) is 53.5 Å². The average Bonchev–Trinajstić information content (AvgIpc) is 2.88. The predicted octanol–water partition coefficient (Wildman–Crippen LogP) is 4.33. The molecule has 1 aliphatic heterocycles. The Morgan fingerprint density at radius 3 is 2.39 bits per heavy atom. The van der Waals surface area contributed by atoms with Gasteiger partial charge in [0, 0.05) is 25.3 Å². The molecule has 1 N–H and O–H groups in total. The standard InChI is InChI=1S/C22H24N4OS/c1-14-5-9-18(10-6-14)26-22-20(15(2)24-26)21(28-13-19(27)23-22)16-7-11-17(12-8-16)25(3)4/h5-12,21H,13H2,1-4H3,(H,23,27). The van der Waals surface area contributed by atoms with E-state index in [-0.39, 0.29) is 11.2 Å². The Bertz CT molecular complexity index is 1010. The maximum absolute atomic E-state index is 12.4. The van der Waals surface area contributed by atoms with Crippen molar-refractivity contribution in [3.8, 4) is 5.69 Å². The zero-order chi connectivity index (χ0) is 19.8. The number of nitrogens with one attached hydrogen (secondary N) is 1. The maximum atomic E-state index is 12.4. The number of amides is 1. The number of nitrogens with zero attached hydrogens (tertiary/aromatic N) is 3. The van der Waals surface area contributed by atoms with Gasteiger partial charge in [-0.1, -0.05) is 29.8 Å². The minimum atomic E-state index is 0.00641. The van der Waals surface area contributed by atoms with Crippen molar-refractivity contribution in [2.24, 2.45) is 0 Å². The second-order valence-corrected chi connectivity index (χ2v) is 8.41. The second-order valence-electron chi connectivity index (χ2n) is 7.32. The maximum Gasteiger partial charge on any atom is 0.235 e. The lowest BCUT2D eigenvalue weighted by Crippen LogP contribution is -2.15. The summed E-state index contributed by atoms with van der Waals surface area (Å²) < 4.78 is 1.86. The number of rotatable bonds is 3. The van der Waals surface area contributed by atoms with E-state index in [1.807, 2.05) is 37.8 Å². The van der Waals surface area contributed by atoms with Crippen LogP contribution in [0.5, 0.6) is 0 Å². The molecule has 1 amide bonds. The highest BCUT2D eigenvalue weighted by molar-refractivity contribution is 8.00. The van der Waals surface area contributed by atoms with Crippen LogP contribution in [0.3, 0.4) is 0 Å². The van der Waals surface area contributed by atoms with E-state index in [0.717, 1.165) is 28.5 Å². The van der Waals surface area contributed by atoms with Gasteiger partial charge in [-0.05, 0) is 43.7 Å². The fraction of sp³-hybridized carbons (Fsp3) is 0.273. The molecule has 1 aromatic heterocycles. The summed E-state index contributed by atoms with van der Waals surface area (Å²) in [6.07, 6.45) is 0. The van der Waals surface area contributed by atoms with Crippen LogP contribution in [0.4, 0.5) is 11.5 Å². The molecule has 0 aliphatic carbocycles. The van der Waals surface area contributed by atoms with Gasteiger partial charge < -0.3 is 10.2 Å². The van der Waals surface area contributed by atoms with Crippen molar-refractivity contribution in [3.05, 3.63) is 70.9 Å². The smallest absolute Gasteiger partial charge is 0.235 e. The number of thioether (sulfide) groups is 1. The fourth-order valence-electron chi connectivity index (χ4n) is 3.47. The van der Waals surface area contributed by atoms with Crippen LogP contribution in [-0.2, 0) is 4.79 Å². The van der Waals surface area contributed by atoms with E-state index in [1.165, 1.54) is 11.1 Å². The van der Waals surface area contributed by atoms with Crippen LogP contribution in [-0.4, -0.2) is 35.5 Å². The van der Waals surface area contributed by atoms with Gasteiger partial charge in [0.1, 0.15) is 5.82 Å². The van der Waals surface area contributed by atoms with Gasteiger partial charge in [-0.3, -0.25) is 4.79 Å². The van der Waals surface area contributed by atoms with Crippen molar-refractivity contribution in [2.45, 2.75) is 19.1 Å². The Kier molecular flexibility index (Phi) is 4.89. The lowest BCUT2D eigenvalue weighted by Gasteiger charge is -2.18. The molecule has 6 heteroatoms. The highest BCUT2D eigenvalue weighted by Crippen LogP contribution is 2.44. The number of hydrogen-bond donors (Lipinski definition) is 1. The van der Waals surface area contributed by atoms with Gasteiger partial charge >= 0.3 is 0 Å². The molecule has 0 spiro atoms. The zero-order valence-electron chi connectivity index (χ0n) is 16.6. The Morgan fingerprint density at radius 2 is 1.75 bits per heavy atom. The predicted molar refractivity (Wildman–Crippen MR) is 117 cm³/mol. The van der Waals surface area contributed by atoms with Gasteiger partial charge in [-0.2, -0.15) is 5.10 Å². The molecule has 28 heavy (non-hydrogen) atoms. The molecule has 0 fully saturated rings. The van der Waals surface area contributed by atoms with Crippen molar-refractivity contribution in [1.82, 2.24) is 9.78 Å². The van der Waals surface area contributed by atoms with Crippen molar-refractivity contribution < 1.29 is 4.79 Å². The summed E-state index contributed by atoms with van der Waals surface area (Å²) in [7, 11) is 4.07. The Balaban J connectivity index is 1.82. The van der Waals surface area contributed by atoms with Crippen molar-refractivity contribution in [3.63, 3.8) is 0 Å². The summed E-state index contributed by atoms with van der Waals surface area (Å²) >= 11 is 1.65. The summed E-state index contributed by atoms with van der Waals surface area (Å²) in [5, 5.41) is 7.92. The Labute approximate surface area is 169 Å². The Hall–Kier alpha value is -2.73. The van der Waals surface area contributed by atoms with E-state index in [9.17, 15) is 4.79 Å². The minimum Gasteiger partial charge on any atom is -0.378 e. The van der Waals surface area contributed by atoms with E-state index in [0.29, 0.717) is 5.75 Å². The number of hydrogen-bond acceptors (Lipinski definition) is 4. The number of carbonyl (C=O) groups excluding carboxylic acids is 1. The quantitative estimate of drug-likeness (QED) is 0.721. The summed E-state index contributed by atoms with van der Waals surface area (Å²) in [4.78, 5) is 14.5. The van der Waals surface area contributed by atoms with Gasteiger partial charge in [0.15, 0.2) is 0 Å². The van der Waals surface area contributed by atoms with Crippen LogP contribution in [0.15, 0.2) is 48.5 Å². The monoisotopic (exact) mass is 392 g/mol. The van der Waals surface area contributed by atoms with Gasteiger partial charge in [0.25, 0.3) is 0 Å². The van der Waals surface area contributed by atoms with Crippen LogP contribution in [0.1, 0.15) is 27.6 Å². The number of fused-ring (bicyclic) bond motifs is 1. The molecular formula is C22H24N4OS. The third-order valence-electron chi connectivity index (χ3n) is 5.00. The second kappa shape index (κ2) is 7.36. The first-order chi connectivity index (χ1) is 13.4. The minimum absolute atomic E-state index is 0.00641. The summed E-state index contributed by atoms with van der Waals surface area (Å²) in [6.45, 7) is 4.08. The molecule has 1 aliphatic rings. The molecule has 1 atom stereocenters. The molecule has 5 nitrogen and oxygen atoms in total. The SMILES string of the molecule is Cc1ccc(-n2nc(C)c3c2NC(=O)CSC3c2ccc(N(C)C)cc2)cc1. The van der Waals surface area contributed by atoms with Crippen molar-refractivity contribution >= 4 is 29.2 Å². The average molecular weight is 393 g/mol. The molecule has 2 heterocycles. The van der Waals surface area contributed by atoms with E-state index >= 15 is 0 Å². The molecule has 4 rings (SSSR count). The van der Waals surface area contributed by atoms with Crippen LogP contribution < -0.4 is 10.2 Å². The van der Waals surface area contributed by atoms with Crippen molar-refractivity contribution in [2.75, 3.05) is 30.1 Å². The normalized spacial score (nSPS) is 16.3. The first-order valence-corrected chi connectivity index (χ1v) is 10.3.